The first kappa shape index (κ1) is 14.1. The average molecular weight is 270 g/mol. The van der Waals surface area contributed by atoms with Crippen LogP contribution in [0.25, 0.3) is 11.3 Å². The van der Waals surface area contributed by atoms with Crippen LogP contribution in [0, 0.1) is 12.3 Å². The van der Waals surface area contributed by atoms with Crippen molar-refractivity contribution in [1.82, 2.24) is 4.57 Å². The normalized spacial score (nSPS) is 10.6. The summed E-state index contributed by atoms with van der Waals surface area (Å²) in [5, 5.41) is 17.8. The fourth-order valence-corrected chi connectivity index (χ4v) is 2.15. The molecular weight excluding hydrogens is 252 g/mol. The summed E-state index contributed by atoms with van der Waals surface area (Å²) in [6.07, 6.45) is 0.409. The van der Waals surface area contributed by atoms with Crippen molar-refractivity contribution in [3.63, 3.8) is 0 Å². The highest BCUT2D eigenvalue weighted by Crippen LogP contribution is 2.24. The van der Waals surface area contributed by atoms with Gasteiger partial charge in [0.05, 0.1) is 5.69 Å². The summed E-state index contributed by atoms with van der Waals surface area (Å²) in [6, 6.07) is 9.28. The number of benzene rings is 1. The maximum atomic E-state index is 12.3. The Morgan fingerprint density at radius 3 is 2.45 bits per heavy atom. The molecule has 4 heteroatoms. The highest BCUT2D eigenvalue weighted by Gasteiger charge is 2.16. The van der Waals surface area contributed by atoms with Crippen LogP contribution in [-0.2, 0) is 7.05 Å². The van der Waals surface area contributed by atoms with Gasteiger partial charge < -0.3 is 15.1 Å². The molecule has 1 aromatic carbocycles. The first-order valence-corrected chi connectivity index (χ1v) is 6.53. The average Bonchev–Trinajstić information content (AvgIpc) is 2.43. The van der Waals surface area contributed by atoms with Gasteiger partial charge in [-0.1, -0.05) is 36.8 Å². The summed E-state index contributed by atoms with van der Waals surface area (Å²) < 4.78 is 1.48. The third kappa shape index (κ3) is 2.37. The Morgan fingerprint density at radius 2 is 1.90 bits per heavy atom. The number of aromatic nitrogens is 1. The van der Waals surface area contributed by atoms with Gasteiger partial charge in [0, 0.05) is 18.8 Å². The van der Waals surface area contributed by atoms with E-state index in [1.54, 1.807) is 20.0 Å². The van der Waals surface area contributed by atoms with E-state index in [0.717, 1.165) is 11.1 Å². The SMILES string of the molecule is CCC(=N)c1c(O)cc(-c2ccc(C)cc2)n(C)c1=O. The fourth-order valence-electron chi connectivity index (χ4n) is 2.15. The second-order valence-electron chi connectivity index (χ2n) is 4.85. The molecule has 0 radical (unpaired) electrons. The molecule has 1 aromatic heterocycles. The van der Waals surface area contributed by atoms with E-state index in [9.17, 15) is 9.90 Å². The number of nitrogens with zero attached hydrogens (tertiary/aromatic N) is 1. The molecule has 0 saturated carbocycles. The third-order valence-electron chi connectivity index (χ3n) is 3.41. The van der Waals surface area contributed by atoms with Gasteiger partial charge in [-0.15, -0.1) is 0 Å². The van der Waals surface area contributed by atoms with Crippen molar-refractivity contribution in [3.05, 3.63) is 51.8 Å². The topological polar surface area (TPSA) is 66.1 Å². The first-order valence-electron chi connectivity index (χ1n) is 6.53. The molecule has 0 aliphatic carbocycles. The second kappa shape index (κ2) is 5.33. The number of hydrogen-bond acceptors (Lipinski definition) is 3. The predicted molar refractivity (Wildman–Crippen MR) is 80.6 cm³/mol. The zero-order valence-corrected chi connectivity index (χ0v) is 11.9. The lowest BCUT2D eigenvalue weighted by molar-refractivity contribution is 0.471. The van der Waals surface area contributed by atoms with Gasteiger partial charge in [-0.3, -0.25) is 4.79 Å². The maximum Gasteiger partial charge on any atom is 0.263 e. The van der Waals surface area contributed by atoms with Gasteiger partial charge in [0.25, 0.3) is 5.56 Å². The van der Waals surface area contributed by atoms with Crippen molar-refractivity contribution >= 4 is 5.71 Å². The Labute approximate surface area is 117 Å². The number of pyridine rings is 1. The first-order chi connectivity index (χ1) is 9.45. The van der Waals surface area contributed by atoms with Crippen molar-refractivity contribution in [2.75, 3.05) is 0 Å². The van der Waals surface area contributed by atoms with Crippen LogP contribution in [0.4, 0.5) is 0 Å². The molecule has 0 aliphatic rings. The summed E-state index contributed by atoms with van der Waals surface area (Å²) in [5.41, 5.74) is 2.53. The lowest BCUT2D eigenvalue weighted by Gasteiger charge is -2.13. The summed E-state index contributed by atoms with van der Waals surface area (Å²) in [5.74, 6) is -0.129. The highest BCUT2D eigenvalue weighted by atomic mass is 16.3. The van der Waals surface area contributed by atoms with Gasteiger partial charge in [0.1, 0.15) is 11.3 Å². The summed E-state index contributed by atoms with van der Waals surface area (Å²) in [7, 11) is 1.66. The molecule has 0 unspecified atom stereocenters. The van der Waals surface area contributed by atoms with E-state index < -0.39 is 0 Å². The van der Waals surface area contributed by atoms with E-state index in [4.69, 9.17) is 5.41 Å². The fraction of sp³-hybridized carbons (Fsp3) is 0.250. The lowest BCUT2D eigenvalue weighted by Crippen LogP contribution is -2.25. The Bertz CT molecular complexity index is 712. The number of aryl methyl sites for hydroxylation is 1. The van der Waals surface area contributed by atoms with Crippen LogP contribution in [0.2, 0.25) is 0 Å². The third-order valence-corrected chi connectivity index (χ3v) is 3.41. The van der Waals surface area contributed by atoms with Crippen LogP contribution in [-0.4, -0.2) is 15.4 Å². The van der Waals surface area contributed by atoms with Gasteiger partial charge in [0.15, 0.2) is 0 Å². The maximum absolute atomic E-state index is 12.3. The largest absolute Gasteiger partial charge is 0.507 e. The molecule has 0 fully saturated rings. The standard InChI is InChI=1S/C16H18N2O2/c1-4-12(17)15-14(19)9-13(18(3)16(15)20)11-7-5-10(2)6-8-11/h5-9,17,19H,4H2,1-3H3. The molecule has 0 aliphatic heterocycles. The summed E-state index contributed by atoms with van der Waals surface area (Å²) >= 11 is 0. The molecule has 0 spiro atoms. The van der Waals surface area contributed by atoms with Crippen LogP contribution >= 0.6 is 0 Å². The minimum Gasteiger partial charge on any atom is -0.507 e. The molecule has 0 bridgehead atoms. The van der Waals surface area contributed by atoms with E-state index in [0.29, 0.717) is 12.1 Å². The number of rotatable bonds is 3. The monoisotopic (exact) mass is 270 g/mol. The summed E-state index contributed by atoms with van der Waals surface area (Å²) in [4.78, 5) is 12.3. The van der Waals surface area contributed by atoms with Gasteiger partial charge in [-0.2, -0.15) is 0 Å². The van der Waals surface area contributed by atoms with Gasteiger partial charge in [-0.05, 0) is 18.9 Å². The van der Waals surface area contributed by atoms with Gasteiger partial charge in [-0.25, -0.2) is 0 Å². The predicted octanol–water partition coefficient (Wildman–Crippen LogP) is 2.84. The molecule has 2 aromatic rings. The molecule has 0 atom stereocenters. The van der Waals surface area contributed by atoms with Crippen LogP contribution in [0.5, 0.6) is 5.75 Å². The molecule has 2 N–H and O–H groups in total. The van der Waals surface area contributed by atoms with Crippen LogP contribution in [0.15, 0.2) is 35.1 Å². The highest BCUT2D eigenvalue weighted by molar-refractivity contribution is 6.00. The van der Waals surface area contributed by atoms with Crippen LogP contribution in [0.1, 0.15) is 24.5 Å². The van der Waals surface area contributed by atoms with Crippen LogP contribution in [0.3, 0.4) is 0 Å². The van der Waals surface area contributed by atoms with E-state index in [1.807, 2.05) is 31.2 Å². The van der Waals surface area contributed by atoms with Crippen LogP contribution < -0.4 is 5.56 Å². The van der Waals surface area contributed by atoms with Crippen molar-refractivity contribution < 1.29 is 5.11 Å². The Hall–Kier alpha value is -2.36. The molecular formula is C16H18N2O2. The minimum atomic E-state index is -0.340. The smallest absolute Gasteiger partial charge is 0.263 e. The van der Waals surface area contributed by atoms with Gasteiger partial charge >= 0.3 is 0 Å². The van der Waals surface area contributed by atoms with Crippen molar-refractivity contribution in [1.29, 1.82) is 5.41 Å². The quantitative estimate of drug-likeness (QED) is 0.842. The molecule has 4 nitrogen and oxygen atoms in total. The van der Waals surface area contributed by atoms with Gasteiger partial charge in [0.2, 0.25) is 0 Å². The minimum absolute atomic E-state index is 0.0888. The van der Waals surface area contributed by atoms with E-state index in [-0.39, 0.29) is 22.6 Å². The zero-order valence-electron chi connectivity index (χ0n) is 11.9. The molecule has 1 heterocycles. The molecule has 0 amide bonds. The number of aromatic hydroxyl groups is 1. The molecule has 20 heavy (non-hydrogen) atoms. The lowest BCUT2D eigenvalue weighted by atomic mass is 10.0. The van der Waals surface area contributed by atoms with Crippen molar-refractivity contribution in [2.45, 2.75) is 20.3 Å². The van der Waals surface area contributed by atoms with E-state index in [2.05, 4.69) is 0 Å². The van der Waals surface area contributed by atoms with Crippen molar-refractivity contribution in [3.8, 4) is 17.0 Å². The summed E-state index contributed by atoms with van der Waals surface area (Å²) in [6.45, 7) is 3.78. The Morgan fingerprint density at radius 1 is 1.30 bits per heavy atom. The number of hydrogen-bond donors (Lipinski definition) is 2. The molecule has 0 saturated heterocycles. The van der Waals surface area contributed by atoms with E-state index in [1.165, 1.54) is 4.57 Å². The molecule has 2 rings (SSSR count). The van der Waals surface area contributed by atoms with E-state index >= 15 is 0 Å². The second-order valence-corrected chi connectivity index (χ2v) is 4.85. The Balaban J connectivity index is 2.66. The Kier molecular flexibility index (Phi) is 3.74. The zero-order chi connectivity index (χ0) is 14.9. The van der Waals surface area contributed by atoms with Crippen molar-refractivity contribution in [2.24, 2.45) is 7.05 Å². The number of nitrogens with one attached hydrogen (secondary N) is 1. The molecule has 104 valence electrons.